The van der Waals surface area contributed by atoms with Gasteiger partial charge in [-0.3, -0.25) is 9.78 Å². The Labute approximate surface area is 96.6 Å². The summed E-state index contributed by atoms with van der Waals surface area (Å²) in [5.41, 5.74) is 1.67. The fraction of sp³-hybridized carbons (Fsp3) is 0.182. The van der Waals surface area contributed by atoms with Gasteiger partial charge in [-0.05, 0) is 19.1 Å². The van der Waals surface area contributed by atoms with Gasteiger partial charge in [0, 0.05) is 22.8 Å². The number of pyridine rings is 1. The molecule has 0 aliphatic heterocycles. The van der Waals surface area contributed by atoms with Gasteiger partial charge < -0.3 is 5.11 Å². The fourth-order valence-electron chi connectivity index (χ4n) is 1.46. The number of hydrogen-bond acceptors (Lipinski definition) is 4. The summed E-state index contributed by atoms with van der Waals surface area (Å²) in [6, 6.07) is 3.67. The van der Waals surface area contributed by atoms with Crippen molar-refractivity contribution in [2.24, 2.45) is 0 Å². The number of carboxylic acid groups (broad SMARTS) is 1. The quantitative estimate of drug-likeness (QED) is 0.883. The molecule has 4 nitrogen and oxygen atoms in total. The minimum absolute atomic E-state index is 0.0170. The molecular formula is C11H10N2O2S. The molecule has 0 aliphatic rings. The third-order valence-corrected chi connectivity index (χ3v) is 3.04. The van der Waals surface area contributed by atoms with Crippen LogP contribution in [-0.4, -0.2) is 21.0 Å². The van der Waals surface area contributed by atoms with Crippen LogP contribution in [0.25, 0.3) is 11.3 Å². The Morgan fingerprint density at radius 3 is 2.75 bits per heavy atom. The fourth-order valence-corrected chi connectivity index (χ4v) is 2.41. The summed E-state index contributed by atoms with van der Waals surface area (Å²) >= 11 is 1.43. The number of nitrogens with zero attached hydrogens (tertiary/aromatic N) is 2. The molecule has 0 aliphatic carbocycles. The van der Waals surface area contributed by atoms with Crippen molar-refractivity contribution < 1.29 is 9.90 Å². The van der Waals surface area contributed by atoms with E-state index in [1.807, 2.05) is 19.1 Å². The molecule has 16 heavy (non-hydrogen) atoms. The van der Waals surface area contributed by atoms with Gasteiger partial charge >= 0.3 is 5.97 Å². The Hall–Kier alpha value is -1.75. The van der Waals surface area contributed by atoms with E-state index in [4.69, 9.17) is 5.11 Å². The van der Waals surface area contributed by atoms with Gasteiger partial charge in [-0.25, -0.2) is 4.98 Å². The first-order chi connectivity index (χ1) is 7.66. The number of aromatic nitrogens is 2. The van der Waals surface area contributed by atoms with Crippen LogP contribution in [0.15, 0.2) is 24.5 Å². The van der Waals surface area contributed by atoms with Crippen LogP contribution in [0, 0.1) is 6.92 Å². The third kappa shape index (κ3) is 2.25. The van der Waals surface area contributed by atoms with E-state index in [0.29, 0.717) is 0 Å². The topological polar surface area (TPSA) is 63.1 Å². The van der Waals surface area contributed by atoms with Crippen LogP contribution in [0.1, 0.15) is 9.88 Å². The van der Waals surface area contributed by atoms with E-state index in [0.717, 1.165) is 21.1 Å². The lowest BCUT2D eigenvalue weighted by Crippen LogP contribution is -1.99. The first-order valence-corrected chi connectivity index (χ1v) is 5.57. The Kier molecular flexibility index (Phi) is 2.96. The van der Waals surface area contributed by atoms with Crippen molar-refractivity contribution in [1.29, 1.82) is 0 Å². The van der Waals surface area contributed by atoms with Crippen molar-refractivity contribution in [3.63, 3.8) is 0 Å². The predicted molar refractivity (Wildman–Crippen MR) is 61.4 cm³/mol. The molecule has 0 bridgehead atoms. The molecule has 2 aromatic rings. The summed E-state index contributed by atoms with van der Waals surface area (Å²) in [6.45, 7) is 1.88. The predicted octanol–water partition coefficient (Wildman–Crippen LogP) is 2.14. The Balaban J connectivity index is 2.44. The lowest BCUT2D eigenvalue weighted by molar-refractivity contribution is -0.136. The largest absolute Gasteiger partial charge is 0.481 e. The van der Waals surface area contributed by atoms with Crippen LogP contribution in [0.5, 0.6) is 0 Å². The zero-order chi connectivity index (χ0) is 11.5. The maximum atomic E-state index is 10.7. The van der Waals surface area contributed by atoms with E-state index in [1.54, 1.807) is 12.4 Å². The molecule has 0 unspecified atom stereocenters. The monoisotopic (exact) mass is 234 g/mol. The summed E-state index contributed by atoms with van der Waals surface area (Å²) in [5, 5.41) is 9.69. The van der Waals surface area contributed by atoms with E-state index in [1.165, 1.54) is 11.3 Å². The van der Waals surface area contributed by atoms with Gasteiger partial charge in [-0.15, -0.1) is 11.3 Å². The smallest absolute Gasteiger partial charge is 0.308 e. The molecule has 2 heterocycles. The van der Waals surface area contributed by atoms with E-state index < -0.39 is 5.97 Å². The summed E-state index contributed by atoms with van der Waals surface area (Å²) < 4.78 is 0. The molecule has 0 radical (unpaired) electrons. The van der Waals surface area contributed by atoms with Gasteiger partial charge in [0.15, 0.2) is 0 Å². The summed E-state index contributed by atoms with van der Waals surface area (Å²) in [7, 11) is 0. The van der Waals surface area contributed by atoms with Crippen molar-refractivity contribution in [2.75, 3.05) is 0 Å². The second kappa shape index (κ2) is 4.40. The van der Waals surface area contributed by atoms with Gasteiger partial charge in [0.05, 0.1) is 17.1 Å². The summed E-state index contributed by atoms with van der Waals surface area (Å²) in [5.74, 6) is -0.834. The van der Waals surface area contributed by atoms with Gasteiger partial charge in [-0.2, -0.15) is 0 Å². The van der Waals surface area contributed by atoms with E-state index in [-0.39, 0.29) is 6.42 Å². The number of carboxylic acids is 1. The second-order valence-electron chi connectivity index (χ2n) is 3.31. The molecule has 0 fully saturated rings. The van der Waals surface area contributed by atoms with Gasteiger partial charge in [0.25, 0.3) is 0 Å². The molecular weight excluding hydrogens is 224 g/mol. The number of rotatable bonds is 3. The third-order valence-electron chi connectivity index (χ3n) is 2.07. The van der Waals surface area contributed by atoms with Gasteiger partial charge in [-0.1, -0.05) is 0 Å². The lowest BCUT2D eigenvalue weighted by Gasteiger charge is -1.98. The van der Waals surface area contributed by atoms with Crippen molar-refractivity contribution in [2.45, 2.75) is 13.3 Å². The van der Waals surface area contributed by atoms with Crippen LogP contribution in [0.2, 0.25) is 0 Å². The van der Waals surface area contributed by atoms with Crippen LogP contribution >= 0.6 is 11.3 Å². The zero-order valence-electron chi connectivity index (χ0n) is 8.67. The first-order valence-electron chi connectivity index (χ1n) is 4.75. The van der Waals surface area contributed by atoms with Crippen molar-refractivity contribution in [1.82, 2.24) is 9.97 Å². The number of hydrogen-bond donors (Lipinski definition) is 1. The number of thiazole rings is 1. The van der Waals surface area contributed by atoms with E-state index in [2.05, 4.69) is 9.97 Å². The minimum Gasteiger partial charge on any atom is -0.481 e. The number of aliphatic carboxylic acids is 1. The standard InChI is InChI=1S/C11H10N2O2S/c1-7-13-11(8-2-4-12-5-3-8)9(16-7)6-10(14)15/h2-5H,6H2,1H3,(H,14,15). The zero-order valence-corrected chi connectivity index (χ0v) is 9.49. The highest BCUT2D eigenvalue weighted by atomic mass is 32.1. The van der Waals surface area contributed by atoms with Crippen molar-refractivity contribution in [3.05, 3.63) is 34.4 Å². The van der Waals surface area contributed by atoms with Gasteiger partial charge in [0.2, 0.25) is 0 Å². The molecule has 82 valence electrons. The van der Waals surface area contributed by atoms with Gasteiger partial charge in [0.1, 0.15) is 0 Å². The average molecular weight is 234 g/mol. The molecule has 2 rings (SSSR count). The lowest BCUT2D eigenvalue weighted by atomic mass is 10.1. The SMILES string of the molecule is Cc1nc(-c2ccncc2)c(CC(=O)O)s1. The van der Waals surface area contributed by atoms with Crippen LogP contribution < -0.4 is 0 Å². The molecule has 0 saturated carbocycles. The maximum absolute atomic E-state index is 10.7. The minimum atomic E-state index is -0.834. The molecule has 2 aromatic heterocycles. The molecule has 0 atom stereocenters. The molecule has 0 saturated heterocycles. The average Bonchev–Trinajstić information content (AvgIpc) is 2.60. The first kappa shape index (κ1) is 10.8. The van der Waals surface area contributed by atoms with Crippen LogP contribution in [-0.2, 0) is 11.2 Å². The Morgan fingerprint density at radius 2 is 2.12 bits per heavy atom. The summed E-state index contributed by atoms with van der Waals surface area (Å²) in [6.07, 6.45) is 3.37. The highest BCUT2D eigenvalue weighted by Crippen LogP contribution is 2.27. The van der Waals surface area contributed by atoms with E-state index in [9.17, 15) is 4.79 Å². The highest BCUT2D eigenvalue weighted by Gasteiger charge is 2.13. The maximum Gasteiger partial charge on any atom is 0.308 e. The summed E-state index contributed by atoms with van der Waals surface area (Å²) in [4.78, 5) is 19.8. The Morgan fingerprint density at radius 1 is 1.44 bits per heavy atom. The van der Waals surface area contributed by atoms with Crippen molar-refractivity contribution in [3.8, 4) is 11.3 Å². The molecule has 0 amide bonds. The van der Waals surface area contributed by atoms with E-state index >= 15 is 0 Å². The normalized spacial score (nSPS) is 10.3. The molecule has 1 N–H and O–H groups in total. The molecule has 5 heteroatoms. The van der Waals surface area contributed by atoms with Crippen molar-refractivity contribution >= 4 is 17.3 Å². The van der Waals surface area contributed by atoms with Crippen LogP contribution in [0.4, 0.5) is 0 Å². The Bertz CT molecular complexity index is 508. The van der Waals surface area contributed by atoms with Crippen LogP contribution in [0.3, 0.4) is 0 Å². The molecule has 0 aromatic carbocycles. The number of aryl methyl sites for hydroxylation is 1. The number of carbonyl (C=O) groups is 1. The second-order valence-corrected chi connectivity index (χ2v) is 4.60. The highest BCUT2D eigenvalue weighted by molar-refractivity contribution is 7.12. The molecule has 0 spiro atoms.